The first kappa shape index (κ1) is 15.9. The molecular formula is C2HBrF2Zn. The summed E-state index contributed by atoms with van der Waals surface area (Å²) in [5.41, 5.74) is 0. The Morgan fingerprint density at radius 3 is 1.33 bits per heavy atom. The van der Waals surface area contributed by atoms with Crippen LogP contribution < -0.4 is 17.0 Å². The Morgan fingerprint density at radius 1 is 1.33 bits per heavy atom. The first-order chi connectivity index (χ1) is 1.73. The van der Waals surface area contributed by atoms with Gasteiger partial charge in [0.05, 0.1) is 6.08 Å². The van der Waals surface area contributed by atoms with Crippen LogP contribution in [0.1, 0.15) is 0 Å². The molecule has 0 rings (SSSR count). The molecule has 0 heterocycles. The van der Waals surface area contributed by atoms with Gasteiger partial charge < -0.3 is 23.6 Å². The summed E-state index contributed by atoms with van der Waals surface area (Å²) in [5.74, 6) is 0. The van der Waals surface area contributed by atoms with Gasteiger partial charge in [0.1, 0.15) is 0 Å². The van der Waals surface area contributed by atoms with E-state index in [1.54, 1.807) is 0 Å². The summed E-state index contributed by atoms with van der Waals surface area (Å²) in [7, 11) is 0. The van der Waals surface area contributed by atoms with Crippen molar-refractivity contribution in [3.63, 3.8) is 0 Å². The minimum Gasteiger partial charge on any atom is -1.00 e. The summed E-state index contributed by atoms with van der Waals surface area (Å²) in [6.45, 7) is 3.69. The maximum absolute atomic E-state index is 10.0. The molecule has 0 fully saturated rings. The van der Waals surface area contributed by atoms with E-state index >= 15 is 0 Å². The topological polar surface area (TPSA) is 0 Å². The van der Waals surface area contributed by atoms with Crippen LogP contribution in [-0.2, 0) is 19.5 Å². The maximum Gasteiger partial charge on any atom is 2.00 e. The molecule has 0 aliphatic rings. The molecular weight excluding hydrogens is 207 g/mol. The summed E-state index contributed by atoms with van der Waals surface area (Å²) in [6.07, 6.45) is -2.08. The number of hydrogen-bond donors (Lipinski definition) is 0. The van der Waals surface area contributed by atoms with Crippen LogP contribution in [0.2, 0.25) is 0 Å². The third-order valence-electron chi connectivity index (χ3n) is 0. The van der Waals surface area contributed by atoms with Gasteiger partial charge in [-0.05, 0) is 0 Å². The third-order valence-corrected chi connectivity index (χ3v) is 0. The van der Waals surface area contributed by atoms with Crippen molar-refractivity contribution in [3.05, 3.63) is 12.7 Å². The Bertz CT molecular complexity index is 34.5. The van der Waals surface area contributed by atoms with Crippen molar-refractivity contribution in [1.82, 2.24) is 0 Å². The minimum absolute atomic E-state index is 0. The smallest absolute Gasteiger partial charge is 1.00 e. The standard InChI is InChI=1S/C2HF2.BrH.Zn/c1-2(3)4;;/h1H;1H;/q-1;;+2/p-1. The van der Waals surface area contributed by atoms with Gasteiger partial charge in [-0.1, -0.05) is 0 Å². The van der Waals surface area contributed by atoms with Crippen molar-refractivity contribution in [2.45, 2.75) is 0 Å². The Morgan fingerprint density at radius 2 is 1.33 bits per heavy atom. The fraction of sp³-hybridized carbons (Fsp3) is 0. The van der Waals surface area contributed by atoms with E-state index in [-0.39, 0.29) is 36.5 Å². The molecule has 0 N–H and O–H groups in total. The van der Waals surface area contributed by atoms with E-state index < -0.39 is 6.08 Å². The molecule has 0 aliphatic heterocycles. The zero-order valence-electron chi connectivity index (χ0n) is 2.92. The average Bonchev–Trinajstić information content (AvgIpc) is 0.811. The molecule has 0 aromatic rings. The van der Waals surface area contributed by atoms with Crippen molar-refractivity contribution in [2.24, 2.45) is 0 Å². The van der Waals surface area contributed by atoms with E-state index in [0.717, 1.165) is 0 Å². The summed E-state index contributed by atoms with van der Waals surface area (Å²) >= 11 is 0. The molecule has 0 saturated carbocycles. The van der Waals surface area contributed by atoms with Crippen LogP contribution in [-0.4, -0.2) is 0 Å². The second-order valence-electron chi connectivity index (χ2n) is 0.290. The van der Waals surface area contributed by atoms with Gasteiger partial charge in [0, 0.05) is 0 Å². The molecule has 0 atom stereocenters. The molecule has 0 nitrogen and oxygen atoms in total. The van der Waals surface area contributed by atoms with Crippen LogP contribution in [0.5, 0.6) is 0 Å². The number of hydrogen-bond acceptors (Lipinski definition) is 0. The Labute approximate surface area is 58.1 Å². The molecule has 0 aliphatic carbocycles. The van der Waals surface area contributed by atoms with E-state index in [1.807, 2.05) is 0 Å². The van der Waals surface area contributed by atoms with Crippen molar-refractivity contribution in [3.8, 4) is 0 Å². The predicted molar refractivity (Wildman–Crippen MR) is 10.0 cm³/mol. The molecule has 0 amide bonds. The Hall–Kier alpha value is 0.703. The third kappa shape index (κ3) is 130. The molecule has 0 aromatic carbocycles. The van der Waals surface area contributed by atoms with Gasteiger partial charge in [-0.3, -0.25) is 0 Å². The molecule has 0 unspecified atom stereocenters. The first-order valence-corrected chi connectivity index (χ1v) is 0.667. The monoisotopic (exact) mass is 206 g/mol. The zero-order valence-corrected chi connectivity index (χ0v) is 7.47. The van der Waals surface area contributed by atoms with Crippen LogP contribution >= 0.6 is 0 Å². The van der Waals surface area contributed by atoms with Crippen LogP contribution in [0.25, 0.3) is 0 Å². The second kappa shape index (κ2) is 9.20. The molecule has 0 radical (unpaired) electrons. The second-order valence-corrected chi connectivity index (χ2v) is 0.290. The van der Waals surface area contributed by atoms with Crippen LogP contribution in [0.4, 0.5) is 8.78 Å². The molecule has 6 heavy (non-hydrogen) atoms. The van der Waals surface area contributed by atoms with Gasteiger partial charge >= 0.3 is 19.5 Å². The van der Waals surface area contributed by atoms with Gasteiger partial charge in [-0.15, -0.1) is 0 Å². The van der Waals surface area contributed by atoms with E-state index in [0.29, 0.717) is 0 Å². The van der Waals surface area contributed by atoms with Crippen molar-refractivity contribution >= 4 is 0 Å². The molecule has 32 valence electrons. The van der Waals surface area contributed by atoms with Crippen molar-refractivity contribution < 1.29 is 45.2 Å². The van der Waals surface area contributed by atoms with Gasteiger partial charge in [-0.25, -0.2) is 8.78 Å². The molecule has 0 spiro atoms. The van der Waals surface area contributed by atoms with E-state index in [9.17, 15) is 8.78 Å². The zero-order chi connectivity index (χ0) is 3.58. The largest absolute Gasteiger partial charge is 2.00 e. The van der Waals surface area contributed by atoms with Gasteiger partial charge in [0.2, 0.25) is 0 Å². The molecule has 4 heteroatoms. The van der Waals surface area contributed by atoms with Gasteiger partial charge in [0.25, 0.3) is 0 Å². The quantitative estimate of drug-likeness (QED) is 0.325. The maximum atomic E-state index is 10.0. The summed E-state index contributed by atoms with van der Waals surface area (Å²) < 4.78 is 20.1. The first-order valence-electron chi connectivity index (χ1n) is 0.667. The van der Waals surface area contributed by atoms with Crippen molar-refractivity contribution in [1.29, 1.82) is 0 Å². The van der Waals surface area contributed by atoms with Crippen LogP contribution in [0.3, 0.4) is 0 Å². The van der Waals surface area contributed by atoms with Gasteiger partial charge in [-0.2, -0.15) is 0 Å². The summed E-state index contributed by atoms with van der Waals surface area (Å²) in [5, 5.41) is 0. The fourth-order valence-corrected chi connectivity index (χ4v) is 0. The van der Waals surface area contributed by atoms with E-state index in [2.05, 4.69) is 6.58 Å². The Balaban J connectivity index is -0.0000000450. The fourth-order valence-electron chi connectivity index (χ4n) is 0. The Kier molecular flexibility index (Phi) is 24.4. The predicted octanol–water partition coefficient (Wildman–Crippen LogP) is -1.80. The number of rotatable bonds is 0. The van der Waals surface area contributed by atoms with Crippen LogP contribution in [0, 0.1) is 6.58 Å². The molecule has 0 bridgehead atoms. The number of halogens is 3. The molecule has 0 saturated heterocycles. The minimum atomic E-state index is -2.08. The summed E-state index contributed by atoms with van der Waals surface area (Å²) in [6, 6.07) is 0. The van der Waals surface area contributed by atoms with Gasteiger partial charge in [0.15, 0.2) is 0 Å². The normalized spacial score (nSPS) is 4.33. The van der Waals surface area contributed by atoms with E-state index in [1.165, 1.54) is 0 Å². The molecule has 0 aromatic heterocycles. The summed E-state index contributed by atoms with van der Waals surface area (Å²) in [4.78, 5) is 0. The SMILES string of the molecule is [Br-].[CH-]=C(F)F.[Zn+2]. The van der Waals surface area contributed by atoms with Crippen molar-refractivity contribution in [2.75, 3.05) is 0 Å². The average molecular weight is 208 g/mol. The van der Waals surface area contributed by atoms with E-state index in [4.69, 9.17) is 0 Å². The van der Waals surface area contributed by atoms with Crippen LogP contribution in [0.15, 0.2) is 6.08 Å².